The number of H-pyrrole nitrogens is 1. The number of halogens is 1. The number of nitrogens with one attached hydrogen (secondary N) is 3. The van der Waals surface area contributed by atoms with E-state index in [1.165, 1.54) is 0 Å². The highest BCUT2D eigenvalue weighted by atomic mass is 79.9. The van der Waals surface area contributed by atoms with Gasteiger partial charge in [0.2, 0.25) is 5.95 Å². The summed E-state index contributed by atoms with van der Waals surface area (Å²) in [5.74, 6) is 1.29. The number of hydrogen-bond acceptors (Lipinski definition) is 6. The van der Waals surface area contributed by atoms with Crippen LogP contribution in [0.4, 0.5) is 23.1 Å². The van der Waals surface area contributed by atoms with Crippen LogP contribution in [0.3, 0.4) is 0 Å². The number of phenols is 1. The summed E-state index contributed by atoms with van der Waals surface area (Å²) in [5.41, 5.74) is 3.69. The second-order valence-electron chi connectivity index (χ2n) is 5.73. The Morgan fingerprint density at radius 1 is 0.889 bits per heavy atom. The van der Waals surface area contributed by atoms with Crippen LogP contribution in [0.15, 0.2) is 71.5 Å². The van der Waals surface area contributed by atoms with E-state index in [0.29, 0.717) is 11.8 Å². The van der Waals surface area contributed by atoms with Gasteiger partial charge < -0.3 is 15.7 Å². The summed E-state index contributed by atoms with van der Waals surface area (Å²) in [6, 6.07) is 16.6. The molecule has 0 amide bonds. The van der Waals surface area contributed by atoms with E-state index in [1.807, 2.05) is 30.3 Å². The summed E-state index contributed by atoms with van der Waals surface area (Å²) in [5, 5.41) is 22.7. The van der Waals surface area contributed by atoms with E-state index < -0.39 is 0 Å². The molecule has 8 heteroatoms. The van der Waals surface area contributed by atoms with E-state index in [4.69, 9.17) is 0 Å². The molecule has 0 unspecified atom stereocenters. The van der Waals surface area contributed by atoms with E-state index in [2.05, 4.69) is 46.7 Å². The highest BCUT2D eigenvalue weighted by molar-refractivity contribution is 9.10. The van der Waals surface area contributed by atoms with Crippen molar-refractivity contribution in [3.05, 3.63) is 71.5 Å². The summed E-state index contributed by atoms with van der Waals surface area (Å²) in [4.78, 5) is 8.76. The molecule has 0 aliphatic rings. The lowest BCUT2D eigenvalue weighted by Gasteiger charge is -2.11. The highest BCUT2D eigenvalue weighted by Gasteiger charge is 2.07. The molecule has 0 atom stereocenters. The molecule has 0 saturated heterocycles. The third-order valence-electron chi connectivity index (χ3n) is 3.83. The maximum atomic E-state index is 9.37. The number of aromatic amines is 1. The monoisotopic (exact) mass is 422 g/mol. The van der Waals surface area contributed by atoms with Crippen LogP contribution in [0.2, 0.25) is 0 Å². The average molecular weight is 423 g/mol. The first-order valence-corrected chi connectivity index (χ1v) is 8.92. The van der Waals surface area contributed by atoms with Crippen LogP contribution in [0.5, 0.6) is 5.75 Å². The number of hydrogen-bond donors (Lipinski definition) is 4. The molecule has 2 aromatic heterocycles. The Balaban J connectivity index is 1.52. The van der Waals surface area contributed by atoms with Gasteiger partial charge in [-0.05, 0) is 64.0 Å². The summed E-state index contributed by atoms with van der Waals surface area (Å²) in [6.07, 6.45) is 3.40. The van der Waals surface area contributed by atoms with Gasteiger partial charge in [-0.25, -0.2) is 4.98 Å². The van der Waals surface area contributed by atoms with Crippen molar-refractivity contribution in [1.82, 2.24) is 20.2 Å². The number of phenolic OH excluding ortho intramolecular Hbond substituents is 1. The summed E-state index contributed by atoms with van der Waals surface area (Å²) in [6.45, 7) is 0. The van der Waals surface area contributed by atoms with Crippen molar-refractivity contribution in [2.75, 3.05) is 10.6 Å². The molecule has 27 heavy (non-hydrogen) atoms. The minimum absolute atomic E-state index is 0.207. The van der Waals surface area contributed by atoms with Crippen LogP contribution >= 0.6 is 15.9 Å². The topological polar surface area (TPSA) is 98.7 Å². The zero-order valence-electron chi connectivity index (χ0n) is 14.0. The van der Waals surface area contributed by atoms with E-state index >= 15 is 0 Å². The van der Waals surface area contributed by atoms with Gasteiger partial charge in [-0.2, -0.15) is 10.1 Å². The molecular formula is C19H15BrN6O. The number of anilines is 4. The zero-order valence-corrected chi connectivity index (χ0v) is 15.6. The molecule has 4 rings (SSSR count). The Morgan fingerprint density at radius 2 is 1.59 bits per heavy atom. The van der Waals surface area contributed by atoms with Gasteiger partial charge in [-0.1, -0.05) is 12.1 Å². The quantitative estimate of drug-likeness (QED) is 0.344. The maximum Gasteiger partial charge on any atom is 0.229 e. The molecule has 7 nitrogen and oxygen atoms in total. The average Bonchev–Trinajstić information content (AvgIpc) is 3.22. The van der Waals surface area contributed by atoms with Crippen LogP contribution in [0.1, 0.15) is 0 Å². The standard InChI is InChI=1S/C19H15BrN6O/c20-16-11-21-19(24-14-5-7-15(27)8-6-14)25-18(16)23-13-3-1-12(2-4-13)17-9-10-22-26-17/h1-11,27H,(H,22,26)(H2,21,23,24,25). The largest absolute Gasteiger partial charge is 0.508 e. The molecule has 4 N–H and O–H groups in total. The van der Waals surface area contributed by atoms with Crippen LogP contribution in [0.25, 0.3) is 11.3 Å². The lowest BCUT2D eigenvalue weighted by Crippen LogP contribution is -2.01. The normalized spacial score (nSPS) is 10.6. The molecule has 0 spiro atoms. The minimum atomic E-state index is 0.207. The van der Waals surface area contributed by atoms with Gasteiger partial charge in [-0.3, -0.25) is 5.10 Å². The summed E-state index contributed by atoms with van der Waals surface area (Å²) >= 11 is 3.47. The maximum absolute atomic E-state index is 9.37. The first kappa shape index (κ1) is 17.0. The van der Waals surface area contributed by atoms with Gasteiger partial charge in [0.1, 0.15) is 11.6 Å². The number of aromatic hydroxyl groups is 1. The molecule has 0 bridgehead atoms. The number of nitrogens with zero attached hydrogens (tertiary/aromatic N) is 3. The molecule has 0 saturated carbocycles. The fourth-order valence-electron chi connectivity index (χ4n) is 2.48. The van der Waals surface area contributed by atoms with Crippen molar-refractivity contribution in [2.24, 2.45) is 0 Å². The molecule has 134 valence electrons. The summed E-state index contributed by atoms with van der Waals surface area (Å²) < 4.78 is 0.747. The van der Waals surface area contributed by atoms with Crippen LogP contribution in [-0.2, 0) is 0 Å². The Kier molecular flexibility index (Phi) is 4.71. The number of benzene rings is 2. The Hall–Kier alpha value is -3.39. The first-order valence-electron chi connectivity index (χ1n) is 8.13. The molecule has 0 aliphatic heterocycles. The minimum Gasteiger partial charge on any atom is -0.508 e. The predicted octanol–water partition coefficient (Wildman–Crippen LogP) is 4.82. The Bertz CT molecular complexity index is 1030. The van der Waals surface area contributed by atoms with Gasteiger partial charge in [-0.15, -0.1) is 0 Å². The second-order valence-corrected chi connectivity index (χ2v) is 6.59. The molecular weight excluding hydrogens is 408 g/mol. The predicted molar refractivity (Wildman–Crippen MR) is 108 cm³/mol. The van der Waals surface area contributed by atoms with Crippen LogP contribution in [0, 0.1) is 0 Å². The Labute approximate surface area is 163 Å². The third kappa shape index (κ3) is 4.06. The molecule has 2 aromatic carbocycles. The van der Waals surface area contributed by atoms with Crippen molar-refractivity contribution in [2.45, 2.75) is 0 Å². The van der Waals surface area contributed by atoms with Crippen LogP contribution in [-0.4, -0.2) is 25.3 Å². The van der Waals surface area contributed by atoms with Gasteiger partial charge in [0.05, 0.1) is 10.2 Å². The van der Waals surface area contributed by atoms with Crippen molar-refractivity contribution < 1.29 is 5.11 Å². The van der Waals surface area contributed by atoms with Gasteiger partial charge >= 0.3 is 0 Å². The van der Waals surface area contributed by atoms with Crippen molar-refractivity contribution in [3.63, 3.8) is 0 Å². The molecule has 0 fully saturated rings. The molecule has 4 aromatic rings. The van der Waals surface area contributed by atoms with Crippen molar-refractivity contribution in [1.29, 1.82) is 0 Å². The fraction of sp³-hybridized carbons (Fsp3) is 0. The number of rotatable bonds is 5. The highest BCUT2D eigenvalue weighted by Crippen LogP contribution is 2.27. The van der Waals surface area contributed by atoms with Crippen LogP contribution < -0.4 is 10.6 Å². The molecule has 2 heterocycles. The van der Waals surface area contributed by atoms with Gasteiger partial charge in [0.15, 0.2) is 0 Å². The van der Waals surface area contributed by atoms with Crippen molar-refractivity contribution >= 4 is 39.1 Å². The van der Waals surface area contributed by atoms with E-state index in [1.54, 1.807) is 36.7 Å². The Morgan fingerprint density at radius 3 is 2.30 bits per heavy atom. The second kappa shape index (κ2) is 7.46. The van der Waals surface area contributed by atoms with Crippen molar-refractivity contribution in [3.8, 4) is 17.0 Å². The fourth-order valence-corrected chi connectivity index (χ4v) is 2.77. The van der Waals surface area contributed by atoms with Gasteiger partial charge in [0.25, 0.3) is 0 Å². The SMILES string of the molecule is Oc1ccc(Nc2ncc(Br)c(Nc3ccc(-c4ccn[nH]4)cc3)n2)cc1. The third-order valence-corrected chi connectivity index (χ3v) is 4.41. The lowest BCUT2D eigenvalue weighted by molar-refractivity contribution is 0.475. The first-order chi connectivity index (χ1) is 13.2. The summed E-state index contributed by atoms with van der Waals surface area (Å²) in [7, 11) is 0. The van der Waals surface area contributed by atoms with E-state index in [9.17, 15) is 5.11 Å². The zero-order chi connectivity index (χ0) is 18.6. The van der Waals surface area contributed by atoms with E-state index in [-0.39, 0.29) is 5.75 Å². The molecule has 0 radical (unpaired) electrons. The molecule has 0 aliphatic carbocycles. The van der Waals surface area contributed by atoms with E-state index in [0.717, 1.165) is 27.1 Å². The lowest BCUT2D eigenvalue weighted by atomic mass is 10.1. The smallest absolute Gasteiger partial charge is 0.229 e. The van der Waals surface area contributed by atoms with Gasteiger partial charge in [0, 0.05) is 23.8 Å². The number of aromatic nitrogens is 4.